The van der Waals surface area contributed by atoms with E-state index in [1.165, 1.54) is 21.0 Å². The second-order valence-electron chi connectivity index (χ2n) is 4.44. The lowest BCUT2D eigenvalue weighted by Gasteiger charge is -2.25. The Hall–Kier alpha value is -2.00. The number of imidazole rings is 1. The van der Waals surface area contributed by atoms with E-state index in [9.17, 15) is 18.5 Å². The second-order valence-corrected chi connectivity index (χ2v) is 6.28. The number of hydrogen-bond acceptors (Lipinski definition) is 5. The molecule has 8 nitrogen and oxygen atoms in total. The Morgan fingerprint density at radius 2 is 2.15 bits per heavy atom. The van der Waals surface area contributed by atoms with Gasteiger partial charge < -0.3 is 4.57 Å². The Balaban J connectivity index is 2.35. The van der Waals surface area contributed by atoms with E-state index >= 15 is 0 Å². The second kappa shape index (κ2) is 4.25. The zero-order valence-electron chi connectivity index (χ0n) is 10.7. The lowest BCUT2D eigenvalue weighted by molar-refractivity contribution is -0.383. The molecule has 20 heavy (non-hydrogen) atoms. The highest BCUT2D eigenvalue weighted by Crippen LogP contribution is 2.30. The molecular formula is C11H12N4O4S. The minimum Gasteiger partial charge on any atom is -0.312 e. The Kier molecular flexibility index (Phi) is 2.76. The van der Waals surface area contributed by atoms with E-state index in [4.69, 9.17) is 0 Å². The first-order chi connectivity index (χ1) is 9.46. The standard InChI is InChI=1S/C11H12N4O4S/c1-2-13-6-7-14-8-4-3-5-9(15(16)17)10(8)12-11(14)20(13,18)19/h3-5H,2,6-7H2,1H3. The highest BCUT2D eigenvalue weighted by molar-refractivity contribution is 7.89. The van der Waals surface area contributed by atoms with E-state index in [0.717, 1.165) is 0 Å². The van der Waals surface area contributed by atoms with Gasteiger partial charge in [-0.1, -0.05) is 13.0 Å². The van der Waals surface area contributed by atoms with Gasteiger partial charge in [0.1, 0.15) is 0 Å². The monoisotopic (exact) mass is 296 g/mol. The molecule has 1 aliphatic heterocycles. The lowest BCUT2D eigenvalue weighted by Crippen LogP contribution is -2.39. The van der Waals surface area contributed by atoms with Crippen molar-refractivity contribution >= 4 is 26.7 Å². The minimum absolute atomic E-state index is 0.116. The summed E-state index contributed by atoms with van der Waals surface area (Å²) in [6.45, 7) is 2.89. The minimum atomic E-state index is -3.67. The van der Waals surface area contributed by atoms with Crippen LogP contribution in [0.4, 0.5) is 5.69 Å². The average Bonchev–Trinajstić information content (AvgIpc) is 2.78. The Labute approximate surface area is 114 Å². The van der Waals surface area contributed by atoms with Crippen LogP contribution >= 0.6 is 0 Å². The summed E-state index contributed by atoms with van der Waals surface area (Å²) in [5.41, 5.74) is 0.421. The van der Waals surface area contributed by atoms with Gasteiger partial charge in [-0.15, -0.1) is 0 Å². The molecule has 1 aromatic heterocycles. The first kappa shape index (κ1) is 13.0. The summed E-state index contributed by atoms with van der Waals surface area (Å²) in [5, 5.41) is 10.9. The van der Waals surface area contributed by atoms with Crippen LogP contribution in [0.5, 0.6) is 0 Å². The van der Waals surface area contributed by atoms with Crippen LogP contribution in [0, 0.1) is 10.1 Å². The van der Waals surface area contributed by atoms with E-state index in [1.807, 2.05) is 0 Å². The summed E-state index contributed by atoms with van der Waals surface area (Å²) in [7, 11) is -3.67. The van der Waals surface area contributed by atoms with Crippen molar-refractivity contribution < 1.29 is 13.3 Å². The number of fused-ring (bicyclic) bond motifs is 3. The average molecular weight is 296 g/mol. The molecule has 0 aliphatic carbocycles. The van der Waals surface area contributed by atoms with Crippen LogP contribution in [0.25, 0.3) is 11.0 Å². The molecule has 1 aromatic carbocycles. The Morgan fingerprint density at radius 1 is 1.40 bits per heavy atom. The number of benzene rings is 1. The fourth-order valence-electron chi connectivity index (χ4n) is 2.45. The molecule has 0 fully saturated rings. The lowest BCUT2D eigenvalue weighted by atomic mass is 10.2. The number of nitro groups is 1. The zero-order valence-corrected chi connectivity index (χ0v) is 11.5. The van der Waals surface area contributed by atoms with Crippen LogP contribution in [-0.4, -0.2) is 40.3 Å². The van der Waals surface area contributed by atoms with Crippen LogP contribution in [0.1, 0.15) is 6.92 Å². The van der Waals surface area contributed by atoms with Gasteiger partial charge in [0, 0.05) is 25.7 Å². The van der Waals surface area contributed by atoms with E-state index in [-0.39, 0.29) is 16.4 Å². The fraction of sp³-hybridized carbons (Fsp3) is 0.364. The van der Waals surface area contributed by atoms with Crippen molar-refractivity contribution in [2.24, 2.45) is 0 Å². The number of sulfonamides is 1. The predicted molar refractivity (Wildman–Crippen MR) is 70.8 cm³/mol. The number of likely N-dealkylation sites (N-methyl/N-ethyl adjacent to an activating group) is 1. The number of rotatable bonds is 2. The maximum absolute atomic E-state index is 12.4. The van der Waals surface area contributed by atoms with Gasteiger partial charge in [0.2, 0.25) is 5.16 Å². The van der Waals surface area contributed by atoms with Gasteiger partial charge in [-0.3, -0.25) is 10.1 Å². The molecule has 0 bridgehead atoms. The van der Waals surface area contributed by atoms with Crippen molar-refractivity contribution in [3.63, 3.8) is 0 Å². The molecule has 0 N–H and O–H groups in total. The highest BCUT2D eigenvalue weighted by Gasteiger charge is 2.35. The maximum atomic E-state index is 12.4. The number of hydrogen-bond donors (Lipinski definition) is 0. The summed E-state index contributed by atoms with van der Waals surface area (Å²) in [6, 6.07) is 4.51. The molecule has 0 radical (unpaired) electrons. The first-order valence-electron chi connectivity index (χ1n) is 6.10. The highest BCUT2D eigenvalue weighted by atomic mass is 32.2. The van der Waals surface area contributed by atoms with Crippen molar-refractivity contribution in [3.05, 3.63) is 28.3 Å². The number of nitrogens with zero attached hydrogens (tertiary/aromatic N) is 4. The van der Waals surface area contributed by atoms with Gasteiger partial charge in [-0.25, -0.2) is 13.4 Å². The summed E-state index contributed by atoms with van der Waals surface area (Å²) in [5.74, 6) is 0. The van der Waals surface area contributed by atoms with Crippen LogP contribution < -0.4 is 0 Å². The van der Waals surface area contributed by atoms with Gasteiger partial charge in [-0.2, -0.15) is 4.31 Å². The van der Waals surface area contributed by atoms with Gasteiger partial charge in [0.25, 0.3) is 15.7 Å². The third-order valence-corrected chi connectivity index (χ3v) is 5.31. The summed E-state index contributed by atoms with van der Waals surface area (Å²) >= 11 is 0. The molecule has 3 rings (SSSR count). The quantitative estimate of drug-likeness (QED) is 0.607. The summed E-state index contributed by atoms with van der Waals surface area (Å²) < 4.78 is 27.6. The molecule has 2 heterocycles. The molecule has 0 atom stereocenters. The molecule has 0 amide bonds. The number of aromatic nitrogens is 2. The molecule has 0 unspecified atom stereocenters. The van der Waals surface area contributed by atoms with E-state index in [0.29, 0.717) is 25.2 Å². The van der Waals surface area contributed by atoms with Crippen LogP contribution in [0.15, 0.2) is 23.4 Å². The molecule has 0 spiro atoms. The van der Waals surface area contributed by atoms with Crippen molar-refractivity contribution in [2.75, 3.05) is 13.1 Å². The maximum Gasteiger partial charge on any atom is 0.297 e. The van der Waals surface area contributed by atoms with Gasteiger partial charge >= 0.3 is 0 Å². The molecule has 0 saturated heterocycles. The molecule has 2 aromatic rings. The van der Waals surface area contributed by atoms with Gasteiger partial charge in [0.05, 0.1) is 10.4 Å². The van der Waals surface area contributed by atoms with Crippen molar-refractivity contribution in [1.29, 1.82) is 0 Å². The Bertz CT molecular complexity index is 811. The summed E-state index contributed by atoms with van der Waals surface area (Å²) in [6.07, 6.45) is 0. The first-order valence-corrected chi connectivity index (χ1v) is 7.54. The van der Waals surface area contributed by atoms with E-state index in [2.05, 4.69) is 4.98 Å². The van der Waals surface area contributed by atoms with E-state index < -0.39 is 14.9 Å². The van der Waals surface area contributed by atoms with Gasteiger partial charge in [0.15, 0.2) is 5.52 Å². The number of nitro benzene ring substituents is 1. The van der Waals surface area contributed by atoms with E-state index in [1.54, 1.807) is 13.0 Å². The third-order valence-electron chi connectivity index (χ3n) is 3.42. The van der Waals surface area contributed by atoms with Crippen molar-refractivity contribution in [3.8, 4) is 0 Å². The van der Waals surface area contributed by atoms with Crippen LogP contribution in [-0.2, 0) is 16.6 Å². The SMILES string of the molecule is CCN1CCn2c(nc3c([N+](=O)[O-])cccc32)S1(=O)=O. The fourth-order valence-corrected chi connectivity index (χ4v) is 4.01. The molecule has 1 aliphatic rings. The number of non-ortho nitro benzene ring substituents is 1. The predicted octanol–water partition coefficient (Wildman–Crippen LogP) is 0.969. The summed E-state index contributed by atoms with van der Waals surface area (Å²) in [4.78, 5) is 14.5. The van der Waals surface area contributed by atoms with Gasteiger partial charge in [-0.05, 0) is 6.07 Å². The molecule has 0 saturated carbocycles. The largest absolute Gasteiger partial charge is 0.312 e. The normalized spacial score (nSPS) is 18.1. The third kappa shape index (κ3) is 1.63. The molecule has 106 valence electrons. The topological polar surface area (TPSA) is 98.3 Å². The van der Waals surface area contributed by atoms with Crippen molar-refractivity contribution in [1.82, 2.24) is 13.9 Å². The molecular weight excluding hydrogens is 284 g/mol. The van der Waals surface area contributed by atoms with Crippen LogP contribution in [0.3, 0.4) is 0 Å². The van der Waals surface area contributed by atoms with Crippen molar-refractivity contribution in [2.45, 2.75) is 18.6 Å². The molecule has 9 heteroatoms. The van der Waals surface area contributed by atoms with Crippen LogP contribution in [0.2, 0.25) is 0 Å². The Morgan fingerprint density at radius 3 is 2.80 bits per heavy atom. The smallest absolute Gasteiger partial charge is 0.297 e. The number of para-hydroxylation sites is 1. The zero-order chi connectivity index (χ0) is 14.5.